The number of carbonyl (C=O) groups excluding carboxylic acids is 1. The minimum Gasteiger partial charge on any atom is -0.269 e. The number of fused-ring (bicyclic) bond motifs is 3. The molecular formula is C21H16N2O+. The number of hydrazone groups is 1. The van der Waals surface area contributed by atoms with Crippen molar-refractivity contribution in [2.45, 2.75) is 12.5 Å². The van der Waals surface area contributed by atoms with Crippen LogP contribution in [-0.4, -0.2) is 22.3 Å². The van der Waals surface area contributed by atoms with Crippen molar-refractivity contribution in [3.8, 4) is 11.1 Å². The third-order valence-corrected chi connectivity index (χ3v) is 4.90. The van der Waals surface area contributed by atoms with Crippen molar-refractivity contribution in [2.75, 3.05) is 0 Å². The van der Waals surface area contributed by atoms with Crippen molar-refractivity contribution in [3.63, 3.8) is 0 Å². The molecule has 0 bridgehead atoms. The molecule has 3 aliphatic rings. The number of nitrogens with one attached hydrogen (secondary N) is 1. The maximum Gasteiger partial charge on any atom is 0.281 e. The predicted octanol–water partition coefficient (Wildman–Crippen LogP) is 2.73. The van der Waals surface area contributed by atoms with E-state index in [0.717, 1.165) is 5.71 Å². The summed E-state index contributed by atoms with van der Waals surface area (Å²) in [6, 6.07) is 16.8. The number of carbonyl (C=O) groups is 1. The Balaban J connectivity index is 1.74. The van der Waals surface area contributed by atoms with E-state index in [1.807, 2.05) is 12.8 Å². The Labute approximate surface area is 142 Å². The molecule has 1 heterocycles. The van der Waals surface area contributed by atoms with Gasteiger partial charge < -0.3 is 0 Å². The second kappa shape index (κ2) is 5.30. The molecule has 115 valence electrons. The molecule has 24 heavy (non-hydrogen) atoms. The van der Waals surface area contributed by atoms with Gasteiger partial charge in [0.05, 0.1) is 23.5 Å². The normalized spacial score (nSPS) is 22.7. The van der Waals surface area contributed by atoms with Gasteiger partial charge in [-0.3, -0.25) is 4.79 Å². The Bertz CT molecular complexity index is 814. The molecule has 0 spiro atoms. The van der Waals surface area contributed by atoms with E-state index < -0.39 is 0 Å². The molecular weight excluding hydrogens is 296 g/mol. The van der Waals surface area contributed by atoms with Crippen LogP contribution in [-0.2, 0) is 4.79 Å². The molecule has 2 aromatic rings. The number of hydrogen-bond acceptors (Lipinski definition) is 1. The first-order chi connectivity index (χ1) is 11.8. The number of rotatable bonds is 1. The summed E-state index contributed by atoms with van der Waals surface area (Å²) in [6.45, 7) is 0. The van der Waals surface area contributed by atoms with Crippen LogP contribution in [0.3, 0.4) is 0 Å². The monoisotopic (exact) mass is 312 g/mol. The molecule has 5 radical (unpaired) electrons. The molecule has 3 nitrogen and oxygen atoms in total. The van der Waals surface area contributed by atoms with Gasteiger partial charge in [-0.15, -0.1) is 10.1 Å². The summed E-state index contributed by atoms with van der Waals surface area (Å²) < 4.78 is 2.06. The van der Waals surface area contributed by atoms with Gasteiger partial charge >= 0.3 is 0 Å². The zero-order valence-electron chi connectivity index (χ0n) is 13.1. The summed E-state index contributed by atoms with van der Waals surface area (Å²) >= 11 is 0. The highest BCUT2D eigenvalue weighted by Gasteiger charge is 2.46. The van der Waals surface area contributed by atoms with Crippen LogP contribution in [0, 0.1) is 31.6 Å². The Kier molecular flexibility index (Phi) is 3.09. The lowest BCUT2D eigenvalue weighted by Gasteiger charge is -2.13. The van der Waals surface area contributed by atoms with Gasteiger partial charge in [0.1, 0.15) is 0 Å². The van der Waals surface area contributed by atoms with Crippen LogP contribution in [0.5, 0.6) is 0 Å². The molecule has 0 aromatic heterocycles. The first-order valence-electron chi connectivity index (χ1n) is 8.19. The van der Waals surface area contributed by atoms with Crippen LogP contribution in [0.4, 0.5) is 0 Å². The average molecular weight is 312 g/mol. The minimum atomic E-state index is 0.0294. The maximum atomic E-state index is 12.2. The number of hydrazine groups is 1. The first kappa shape index (κ1) is 14.0. The fraction of sp³-hybridized carbons (Fsp3) is 0.0952. The zero-order chi connectivity index (χ0) is 16.1. The molecule has 1 atom stereocenters. The van der Waals surface area contributed by atoms with Gasteiger partial charge in [-0.05, 0) is 48.9 Å². The van der Waals surface area contributed by atoms with Gasteiger partial charge in [-0.1, -0.05) is 36.4 Å². The van der Waals surface area contributed by atoms with Crippen molar-refractivity contribution in [1.29, 1.82) is 0 Å². The highest BCUT2D eigenvalue weighted by Crippen LogP contribution is 2.38. The topological polar surface area (TPSA) is 32.1 Å². The minimum absolute atomic E-state index is 0.0294. The van der Waals surface area contributed by atoms with Gasteiger partial charge in [0.15, 0.2) is 6.04 Å². The Morgan fingerprint density at radius 1 is 0.833 bits per heavy atom. The lowest BCUT2D eigenvalue weighted by Crippen LogP contribution is -2.37. The Morgan fingerprint density at radius 3 is 1.96 bits per heavy atom. The highest BCUT2D eigenvalue weighted by atomic mass is 16.2. The SMILES string of the molecule is O=C1CC([C]2[CH][CH][CH][CH]2)[N+](=C2c3ccccc3-c3ccccc32)N1. The second-order valence-electron chi connectivity index (χ2n) is 6.28. The quantitative estimate of drug-likeness (QED) is 0.689. The average Bonchev–Trinajstić information content (AvgIpc) is 3.31. The number of hydrogen-bond donors (Lipinski definition) is 1. The first-order valence-corrected chi connectivity index (χ1v) is 8.19. The molecule has 2 aromatic carbocycles. The van der Waals surface area contributed by atoms with Crippen molar-refractivity contribution < 1.29 is 9.48 Å². The zero-order valence-corrected chi connectivity index (χ0v) is 13.1. The van der Waals surface area contributed by atoms with Crippen molar-refractivity contribution in [1.82, 2.24) is 5.43 Å². The molecule has 1 saturated carbocycles. The second-order valence-corrected chi connectivity index (χ2v) is 6.28. The van der Waals surface area contributed by atoms with E-state index in [0.29, 0.717) is 6.42 Å². The highest BCUT2D eigenvalue weighted by molar-refractivity contribution is 6.22. The molecule has 2 fully saturated rings. The summed E-state index contributed by atoms with van der Waals surface area (Å²) in [5.41, 5.74) is 8.98. The molecule has 1 saturated heterocycles. The van der Waals surface area contributed by atoms with E-state index in [2.05, 4.69) is 71.5 Å². The Morgan fingerprint density at radius 2 is 1.38 bits per heavy atom. The standard InChI is InChI=1S/C21H15N2O/c24-20-13-19(14-7-1-2-8-14)23(22-20)21-17-11-5-3-9-15(17)16-10-4-6-12-18(16)21/h1-12,19H,13H2/p+1. The van der Waals surface area contributed by atoms with Gasteiger partial charge in [0, 0.05) is 0 Å². The fourth-order valence-electron chi connectivity index (χ4n) is 3.87. The number of benzene rings is 2. The summed E-state index contributed by atoms with van der Waals surface area (Å²) in [5, 5.41) is 0. The summed E-state index contributed by atoms with van der Waals surface area (Å²) in [7, 11) is 0. The third kappa shape index (κ3) is 1.97. The molecule has 1 N–H and O–H groups in total. The van der Waals surface area contributed by atoms with Crippen LogP contribution < -0.4 is 5.43 Å². The summed E-state index contributed by atoms with van der Waals surface area (Å²) in [6.07, 6.45) is 8.71. The van der Waals surface area contributed by atoms with Crippen LogP contribution >= 0.6 is 0 Å². The molecule has 2 aliphatic carbocycles. The van der Waals surface area contributed by atoms with Crippen LogP contribution in [0.2, 0.25) is 0 Å². The molecule has 1 amide bonds. The largest absolute Gasteiger partial charge is 0.281 e. The lowest BCUT2D eigenvalue weighted by molar-refractivity contribution is -0.586. The molecule has 1 aliphatic heterocycles. The van der Waals surface area contributed by atoms with Gasteiger partial charge in [-0.25, -0.2) is 0 Å². The smallest absolute Gasteiger partial charge is 0.269 e. The number of amides is 1. The van der Waals surface area contributed by atoms with E-state index in [4.69, 9.17) is 0 Å². The van der Waals surface area contributed by atoms with Gasteiger partial charge in [0.25, 0.3) is 5.91 Å². The van der Waals surface area contributed by atoms with Gasteiger partial charge in [0.2, 0.25) is 5.71 Å². The van der Waals surface area contributed by atoms with Crippen molar-refractivity contribution in [3.05, 3.63) is 91.3 Å². The molecule has 3 heteroatoms. The third-order valence-electron chi connectivity index (χ3n) is 4.90. The fourth-order valence-corrected chi connectivity index (χ4v) is 3.87. The maximum absolute atomic E-state index is 12.2. The van der Waals surface area contributed by atoms with Crippen LogP contribution in [0.15, 0.2) is 48.5 Å². The summed E-state index contributed by atoms with van der Waals surface area (Å²) in [4.78, 5) is 12.2. The van der Waals surface area contributed by atoms with E-state index in [1.54, 1.807) is 0 Å². The predicted molar refractivity (Wildman–Crippen MR) is 92.3 cm³/mol. The summed E-state index contributed by atoms with van der Waals surface area (Å²) in [5.74, 6) is 1.23. The van der Waals surface area contributed by atoms with E-state index in [-0.39, 0.29) is 11.9 Å². The van der Waals surface area contributed by atoms with E-state index >= 15 is 0 Å². The van der Waals surface area contributed by atoms with Crippen molar-refractivity contribution in [2.24, 2.45) is 0 Å². The van der Waals surface area contributed by atoms with Gasteiger partial charge in [-0.2, -0.15) is 0 Å². The van der Waals surface area contributed by atoms with E-state index in [1.165, 1.54) is 28.2 Å². The number of nitrogens with zero attached hydrogens (tertiary/aromatic N) is 1. The van der Waals surface area contributed by atoms with E-state index in [9.17, 15) is 4.79 Å². The van der Waals surface area contributed by atoms with Crippen LogP contribution in [0.25, 0.3) is 11.1 Å². The molecule has 1 unspecified atom stereocenters. The molecule has 5 rings (SSSR count). The Hall–Kier alpha value is -2.42. The van der Waals surface area contributed by atoms with Crippen molar-refractivity contribution >= 4 is 11.6 Å². The lowest BCUT2D eigenvalue weighted by atomic mass is 9.95. The van der Waals surface area contributed by atoms with Crippen LogP contribution in [0.1, 0.15) is 17.5 Å².